The van der Waals surface area contributed by atoms with E-state index in [0.717, 1.165) is 0 Å². The molecule has 0 amide bonds. The van der Waals surface area contributed by atoms with Gasteiger partial charge < -0.3 is 4.90 Å². The van der Waals surface area contributed by atoms with Crippen molar-refractivity contribution in [2.45, 2.75) is 4.90 Å². The Labute approximate surface area is 156 Å². The van der Waals surface area contributed by atoms with E-state index in [1.54, 1.807) is 18.3 Å². The maximum Gasteiger partial charge on any atom is 0.243 e. The van der Waals surface area contributed by atoms with Crippen LogP contribution in [-0.2, 0) is 10.0 Å². The molecule has 0 spiro atoms. The molecule has 0 saturated carbocycles. The Morgan fingerprint density at radius 2 is 1.72 bits per heavy atom. The number of benzene rings is 1. The van der Waals surface area contributed by atoms with Gasteiger partial charge in [0.15, 0.2) is 0 Å². The molecule has 1 aliphatic rings. The number of halogens is 2. The fraction of sp³-hybridized carbons (Fsp3) is 0.250. The van der Waals surface area contributed by atoms with Crippen LogP contribution in [0, 0.1) is 11.3 Å². The third kappa shape index (κ3) is 3.72. The molecule has 0 unspecified atom stereocenters. The maximum absolute atomic E-state index is 12.8. The Bertz CT molecular complexity index is 915. The van der Waals surface area contributed by atoms with E-state index in [0.29, 0.717) is 24.5 Å². The molecule has 2 aromatic rings. The van der Waals surface area contributed by atoms with Crippen LogP contribution in [0.3, 0.4) is 0 Å². The van der Waals surface area contributed by atoms with Gasteiger partial charge in [-0.15, -0.1) is 0 Å². The van der Waals surface area contributed by atoms with Gasteiger partial charge in [0.25, 0.3) is 0 Å². The van der Waals surface area contributed by atoms with E-state index in [1.807, 2.05) is 4.90 Å². The summed E-state index contributed by atoms with van der Waals surface area (Å²) in [6.45, 7) is 1.46. The summed E-state index contributed by atoms with van der Waals surface area (Å²) in [6, 6.07) is 9.77. The highest BCUT2D eigenvalue weighted by atomic mass is 35.5. The van der Waals surface area contributed by atoms with E-state index in [-0.39, 0.29) is 28.0 Å². The van der Waals surface area contributed by atoms with Crippen LogP contribution in [0.5, 0.6) is 0 Å². The predicted molar refractivity (Wildman–Crippen MR) is 96.4 cm³/mol. The Morgan fingerprint density at radius 1 is 1.08 bits per heavy atom. The maximum atomic E-state index is 12.8. The first-order valence-corrected chi connectivity index (χ1v) is 9.68. The second-order valence-electron chi connectivity index (χ2n) is 5.48. The zero-order valence-electron chi connectivity index (χ0n) is 13.1. The van der Waals surface area contributed by atoms with E-state index < -0.39 is 10.0 Å². The molecule has 25 heavy (non-hydrogen) atoms. The van der Waals surface area contributed by atoms with Crippen LogP contribution in [0.4, 0.5) is 5.82 Å². The Balaban J connectivity index is 1.79. The summed E-state index contributed by atoms with van der Waals surface area (Å²) in [6.07, 6.45) is 1.62. The van der Waals surface area contributed by atoms with Crippen molar-refractivity contribution in [3.8, 4) is 6.07 Å². The highest BCUT2D eigenvalue weighted by molar-refractivity contribution is 7.89. The Hall–Kier alpha value is -1.85. The molecule has 1 aromatic carbocycles. The summed E-state index contributed by atoms with van der Waals surface area (Å²) < 4.78 is 26.9. The average Bonchev–Trinajstić information content (AvgIpc) is 2.61. The number of nitriles is 1. The smallest absolute Gasteiger partial charge is 0.243 e. The highest BCUT2D eigenvalue weighted by Gasteiger charge is 2.30. The van der Waals surface area contributed by atoms with E-state index in [4.69, 9.17) is 23.2 Å². The molecule has 0 aliphatic carbocycles. The number of nitrogens with zero attached hydrogens (tertiary/aromatic N) is 4. The number of piperazine rings is 1. The van der Waals surface area contributed by atoms with Gasteiger partial charge in [0.2, 0.25) is 10.0 Å². The summed E-state index contributed by atoms with van der Waals surface area (Å²) in [7, 11) is -3.68. The second kappa shape index (κ2) is 7.18. The van der Waals surface area contributed by atoms with Crippen LogP contribution in [0.1, 0.15) is 5.56 Å². The molecule has 0 N–H and O–H groups in total. The number of aromatic nitrogens is 1. The Morgan fingerprint density at radius 3 is 2.32 bits per heavy atom. The number of hydrogen-bond acceptors (Lipinski definition) is 5. The average molecular weight is 397 g/mol. The first-order chi connectivity index (χ1) is 11.9. The molecule has 0 radical (unpaired) electrons. The van der Waals surface area contributed by atoms with Crippen molar-refractivity contribution in [1.29, 1.82) is 5.26 Å². The molecule has 1 aliphatic heterocycles. The molecule has 0 atom stereocenters. The molecule has 9 heteroatoms. The first kappa shape index (κ1) is 18.0. The van der Waals surface area contributed by atoms with E-state index in [9.17, 15) is 13.7 Å². The van der Waals surface area contributed by atoms with Gasteiger partial charge in [-0.1, -0.05) is 23.2 Å². The third-order valence-corrected chi connectivity index (χ3v) is 6.23. The number of anilines is 1. The molecule has 1 fully saturated rings. The number of sulfonamides is 1. The highest BCUT2D eigenvalue weighted by Crippen LogP contribution is 2.26. The minimum Gasteiger partial charge on any atom is -0.353 e. The first-order valence-electron chi connectivity index (χ1n) is 7.48. The van der Waals surface area contributed by atoms with Gasteiger partial charge in [-0.2, -0.15) is 9.57 Å². The van der Waals surface area contributed by atoms with Crippen molar-refractivity contribution < 1.29 is 8.42 Å². The molecule has 0 bridgehead atoms. The minimum atomic E-state index is -3.68. The number of hydrogen-bond donors (Lipinski definition) is 0. The Kier molecular flexibility index (Phi) is 5.16. The fourth-order valence-electron chi connectivity index (χ4n) is 2.70. The van der Waals surface area contributed by atoms with Crippen molar-refractivity contribution >= 4 is 39.0 Å². The minimum absolute atomic E-state index is 0.0778. The summed E-state index contributed by atoms with van der Waals surface area (Å²) in [5, 5.41) is 9.73. The second-order valence-corrected chi connectivity index (χ2v) is 8.29. The third-order valence-electron chi connectivity index (χ3n) is 3.92. The van der Waals surface area contributed by atoms with E-state index in [1.165, 1.54) is 22.5 Å². The van der Waals surface area contributed by atoms with Gasteiger partial charge in [-0.25, -0.2) is 13.4 Å². The SMILES string of the molecule is N#Cc1cccnc1N1CCN(S(=O)(=O)c2cc(Cl)cc(Cl)c2)CC1. The van der Waals surface area contributed by atoms with Crippen LogP contribution >= 0.6 is 23.2 Å². The van der Waals surface area contributed by atoms with Gasteiger partial charge in [0.1, 0.15) is 11.9 Å². The van der Waals surface area contributed by atoms with Crippen LogP contribution in [0.15, 0.2) is 41.4 Å². The summed E-state index contributed by atoms with van der Waals surface area (Å²) >= 11 is 11.8. The lowest BCUT2D eigenvalue weighted by molar-refractivity contribution is 0.384. The fourth-order valence-corrected chi connectivity index (χ4v) is 4.85. The lowest BCUT2D eigenvalue weighted by Crippen LogP contribution is -2.49. The molecule has 3 rings (SSSR count). The molecule has 130 valence electrons. The zero-order chi connectivity index (χ0) is 18.0. The summed E-state index contributed by atoms with van der Waals surface area (Å²) in [5.41, 5.74) is 0.473. The lowest BCUT2D eigenvalue weighted by atomic mass is 10.2. The predicted octanol–water partition coefficient (Wildman–Crippen LogP) is 2.77. The lowest BCUT2D eigenvalue weighted by Gasteiger charge is -2.35. The monoisotopic (exact) mass is 396 g/mol. The van der Waals surface area contributed by atoms with Crippen LogP contribution < -0.4 is 4.90 Å². The molecule has 1 aromatic heterocycles. The molecule has 1 saturated heterocycles. The molecular formula is C16H14Cl2N4O2S. The van der Waals surface area contributed by atoms with Crippen molar-refractivity contribution in [3.63, 3.8) is 0 Å². The topological polar surface area (TPSA) is 77.3 Å². The zero-order valence-corrected chi connectivity index (χ0v) is 15.4. The van der Waals surface area contributed by atoms with Gasteiger partial charge >= 0.3 is 0 Å². The largest absolute Gasteiger partial charge is 0.353 e. The number of rotatable bonds is 3. The van der Waals surface area contributed by atoms with Crippen molar-refractivity contribution in [2.24, 2.45) is 0 Å². The van der Waals surface area contributed by atoms with Gasteiger partial charge in [-0.05, 0) is 30.3 Å². The normalized spacial score (nSPS) is 15.8. The van der Waals surface area contributed by atoms with Crippen LogP contribution in [-0.4, -0.2) is 43.9 Å². The molecule has 2 heterocycles. The van der Waals surface area contributed by atoms with Crippen molar-refractivity contribution in [1.82, 2.24) is 9.29 Å². The van der Waals surface area contributed by atoms with E-state index in [2.05, 4.69) is 11.1 Å². The molecule has 6 nitrogen and oxygen atoms in total. The standard InChI is InChI=1S/C16H14Cl2N4O2S/c17-13-8-14(18)10-15(9-13)25(23,24)22-6-4-21(5-7-22)16-12(11-19)2-1-3-20-16/h1-3,8-10H,4-7H2. The summed E-state index contributed by atoms with van der Waals surface area (Å²) in [5.74, 6) is 0.577. The number of pyridine rings is 1. The van der Waals surface area contributed by atoms with Crippen molar-refractivity contribution in [2.75, 3.05) is 31.1 Å². The van der Waals surface area contributed by atoms with Gasteiger partial charge in [0, 0.05) is 42.4 Å². The van der Waals surface area contributed by atoms with Crippen molar-refractivity contribution in [3.05, 3.63) is 52.1 Å². The van der Waals surface area contributed by atoms with Crippen LogP contribution in [0.25, 0.3) is 0 Å². The quantitative estimate of drug-likeness (QED) is 0.796. The molecular weight excluding hydrogens is 383 g/mol. The van der Waals surface area contributed by atoms with Crippen LogP contribution in [0.2, 0.25) is 10.0 Å². The van der Waals surface area contributed by atoms with Gasteiger partial charge in [0.05, 0.1) is 10.5 Å². The van der Waals surface area contributed by atoms with E-state index >= 15 is 0 Å². The van der Waals surface area contributed by atoms with Gasteiger partial charge in [-0.3, -0.25) is 0 Å². The summed E-state index contributed by atoms with van der Waals surface area (Å²) in [4.78, 5) is 6.23.